The Morgan fingerprint density at radius 2 is 2.27 bits per heavy atom. The number of aliphatic hydroxyl groups excluding tert-OH is 1. The molecule has 3 heteroatoms. The third-order valence-electron chi connectivity index (χ3n) is 2.48. The van der Waals surface area contributed by atoms with Crippen LogP contribution in [0.1, 0.15) is 12.8 Å². The molecule has 0 aromatic rings. The molecule has 0 amide bonds. The highest BCUT2D eigenvalue weighted by molar-refractivity contribution is 14.1. The average molecular weight is 269 g/mol. The van der Waals surface area contributed by atoms with Crippen LogP contribution in [-0.4, -0.2) is 29.2 Å². The summed E-state index contributed by atoms with van der Waals surface area (Å²) in [7, 11) is 0. The van der Waals surface area contributed by atoms with E-state index >= 15 is 0 Å². The van der Waals surface area contributed by atoms with Crippen LogP contribution in [0.3, 0.4) is 0 Å². The standard InChI is InChI=1S/C8H16INO/c9-3-1-7-2-4-10-5-8(7)6-11/h7-8,10-11H,1-6H2/t7-,8?/m1/s1. The highest BCUT2D eigenvalue weighted by Gasteiger charge is 2.22. The SMILES string of the molecule is OCC1CNCC[C@H]1CCI. The van der Waals surface area contributed by atoms with Crippen LogP contribution in [0.2, 0.25) is 0 Å². The molecule has 66 valence electrons. The number of hydrogen-bond acceptors (Lipinski definition) is 2. The Morgan fingerprint density at radius 3 is 2.91 bits per heavy atom. The van der Waals surface area contributed by atoms with Gasteiger partial charge in [0.25, 0.3) is 0 Å². The zero-order valence-electron chi connectivity index (χ0n) is 6.72. The molecule has 0 bridgehead atoms. The van der Waals surface area contributed by atoms with Crippen LogP contribution >= 0.6 is 22.6 Å². The van der Waals surface area contributed by atoms with Gasteiger partial charge in [-0.3, -0.25) is 0 Å². The molecule has 1 rings (SSSR count). The molecule has 0 spiro atoms. The summed E-state index contributed by atoms with van der Waals surface area (Å²) in [6, 6.07) is 0. The highest BCUT2D eigenvalue weighted by atomic mass is 127. The van der Waals surface area contributed by atoms with Gasteiger partial charge in [-0.25, -0.2) is 0 Å². The van der Waals surface area contributed by atoms with E-state index in [4.69, 9.17) is 5.11 Å². The summed E-state index contributed by atoms with van der Waals surface area (Å²) in [6.07, 6.45) is 2.52. The maximum Gasteiger partial charge on any atom is 0.0474 e. The third-order valence-corrected chi connectivity index (χ3v) is 3.10. The number of hydrogen-bond donors (Lipinski definition) is 2. The summed E-state index contributed by atoms with van der Waals surface area (Å²) >= 11 is 2.41. The van der Waals surface area contributed by atoms with Crippen molar-refractivity contribution in [2.75, 3.05) is 24.1 Å². The zero-order chi connectivity index (χ0) is 8.10. The van der Waals surface area contributed by atoms with Gasteiger partial charge in [0.05, 0.1) is 0 Å². The van der Waals surface area contributed by atoms with Crippen molar-refractivity contribution in [1.82, 2.24) is 5.32 Å². The topological polar surface area (TPSA) is 32.3 Å². The molecule has 2 atom stereocenters. The maximum atomic E-state index is 9.05. The van der Waals surface area contributed by atoms with Crippen LogP contribution in [0.15, 0.2) is 0 Å². The lowest BCUT2D eigenvalue weighted by molar-refractivity contribution is 0.144. The number of rotatable bonds is 3. The Balaban J connectivity index is 2.31. The van der Waals surface area contributed by atoms with Gasteiger partial charge in [-0.05, 0) is 35.6 Å². The first-order valence-corrected chi connectivity index (χ1v) is 5.78. The normalized spacial score (nSPS) is 32.2. The fourth-order valence-electron chi connectivity index (χ4n) is 1.71. The Hall–Kier alpha value is 0.650. The monoisotopic (exact) mass is 269 g/mol. The van der Waals surface area contributed by atoms with E-state index < -0.39 is 0 Å². The van der Waals surface area contributed by atoms with Crippen LogP contribution in [0.5, 0.6) is 0 Å². The van der Waals surface area contributed by atoms with E-state index in [-0.39, 0.29) is 0 Å². The quantitative estimate of drug-likeness (QED) is 0.592. The Kier molecular flexibility index (Phi) is 4.71. The van der Waals surface area contributed by atoms with Crippen molar-refractivity contribution in [3.63, 3.8) is 0 Å². The molecule has 11 heavy (non-hydrogen) atoms. The molecule has 1 heterocycles. The zero-order valence-corrected chi connectivity index (χ0v) is 8.88. The van der Waals surface area contributed by atoms with E-state index in [1.807, 2.05) is 0 Å². The van der Waals surface area contributed by atoms with Crippen molar-refractivity contribution < 1.29 is 5.11 Å². The largest absolute Gasteiger partial charge is 0.396 e. The number of piperidine rings is 1. The lowest BCUT2D eigenvalue weighted by atomic mass is 9.85. The number of aliphatic hydroxyl groups is 1. The molecular weight excluding hydrogens is 253 g/mol. The van der Waals surface area contributed by atoms with Gasteiger partial charge in [0.15, 0.2) is 0 Å². The van der Waals surface area contributed by atoms with Crippen molar-refractivity contribution in [1.29, 1.82) is 0 Å². The first kappa shape index (κ1) is 9.74. The molecule has 2 nitrogen and oxygen atoms in total. The molecule has 0 aromatic heterocycles. The van der Waals surface area contributed by atoms with Crippen molar-refractivity contribution in [3.8, 4) is 0 Å². The average Bonchev–Trinajstić information content (AvgIpc) is 2.06. The minimum atomic E-state index is 0.355. The number of alkyl halides is 1. The molecule has 0 aromatic carbocycles. The van der Waals surface area contributed by atoms with E-state index in [9.17, 15) is 0 Å². The van der Waals surface area contributed by atoms with Crippen molar-refractivity contribution >= 4 is 22.6 Å². The van der Waals surface area contributed by atoms with Crippen molar-refractivity contribution in [2.45, 2.75) is 12.8 Å². The van der Waals surface area contributed by atoms with Gasteiger partial charge in [-0.15, -0.1) is 0 Å². The minimum absolute atomic E-state index is 0.355. The van der Waals surface area contributed by atoms with Crippen LogP contribution in [0, 0.1) is 11.8 Å². The summed E-state index contributed by atoms with van der Waals surface area (Å²) in [4.78, 5) is 0. The van der Waals surface area contributed by atoms with Gasteiger partial charge >= 0.3 is 0 Å². The first-order chi connectivity index (χ1) is 5.38. The fourth-order valence-corrected chi connectivity index (χ4v) is 2.51. The molecule has 1 aliphatic heterocycles. The number of halogens is 1. The van der Waals surface area contributed by atoms with Gasteiger partial charge < -0.3 is 10.4 Å². The molecule has 0 radical (unpaired) electrons. The van der Waals surface area contributed by atoms with E-state index in [1.165, 1.54) is 17.3 Å². The van der Waals surface area contributed by atoms with Gasteiger partial charge in [0.1, 0.15) is 0 Å². The van der Waals surface area contributed by atoms with Crippen LogP contribution in [0.25, 0.3) is 0 Å². The lowest BCUT2D eigenvalue weighted by Crippen LogP contribution is -2.38. The molecular formula is C8H16INO. The summed E-state index contributed by atoms with van der Waals surface area (Å²) in [5.41, 5.74) is 0. The second kappa shape index (κ2) is 5.32. The molecule has 1 fully saturated rings. The molecule has 2 N–H and O–H groups in total. The highest BCUT2D eigenvalue weighted by Crippen LogP contribution is 2.22. The van der Waals surface area contributed by atoms with Crippen LogP contribution in [0.4, 0.5) is 0 Å². The minimum Gasteiger partial charge on any atom is -0.396 e. The van der Waals surface area contributed by atoms with E-state index in [0.717, 1.165) is 19.0 Å². The fraction of sp³-hybridized carbons (Fsp3) is 1.00. The smallest absolute Gasteiger partial charge is 0.0474 e. The number of nitrogens with one attached hydrogen (secondary N) is 1. The van der Waals surface area contributed by atoms with E-state index in [1.54, 1.807) is 0 Å². The Bertz CT molecular complexity index is 108. The molecule has 1 saturated heterocycles. The second-order valence-electron chi connectivity index (χ2n) is 3.17. The summed E-state index contributed by atoms with van der Waals surface area (Å²) < 4.78 is 1.22. The van der Waals surface area contributed by atoms with E-state index in [2.05, 4.69) is 27.9 Å². The van der Waals surface area contributed by atoms with Crippen LogP contribution in [-0.2, 0) is 0 Å². The summed E-state index contributed by atoms with van der Waals surface area (Å²) in [5.74, 6) is 1.27. The Morgan fingerprint density at radius 1 is 1.45 bits per heavy atom. The van der Waals surface area contributed by atoms with Gasteiger partial charge in [-0.1, -0.05) is 22.6 Å². The van der Waals surface area contributed by atoms with Gasteiger partial charge in [0, 0.05) is 13.2 Å². The third kappa shape index (κ3) is 2.87. The van der Waals surface area contributed by atoms with E-state index in [0.29, 0.717) is 12.5 Å². The lowest BCUT2D eigenvalue weighted by Gasteiger charge is -2.30. The molecule has 0 saturated carbocycles. The molecule has 1 unspecified atom stereocenters. The maximum absolute atomic E-state index is 9.05. The second-order valence-corrected chi connectivity index (χ2v) is 4.25. The van der Waals surface area contributed by atoms with Crippen LogP contribution < -0.4 is 5.32 Å². The molecule has 0 aliphatic carbocycles. The summed E-state index contributed by atoms with van der Waals surface area (Å²) in [5, 5.41) is 12.4. The predicted molar refractivity (Wildman–Crippen MR) is 55.1 cm³/mol. The Labute approximate surface area is 81.9 Å². The molecule has 1 aliphatic rings. The van der Waals surface area contributed by atoms with Gasteiger partial charge in [0.2, 0.25) is 0 Å². The summed E-state index contributed by atoms with van der Waals surface area (Å²) in [6.45, 7) is 2.50. The predicted octanol–water partition coefficient (Wildman–Crippen LogP) is 1.03. The van der Waals surface area contributed by atoms with Crippen molar-refractivity contribution in [3.05, 3.63) is 0 Å². The van der Waals surface area contributed by atoms with Crippen molar-refractivity contribution in [2.24, 2.45) is 11.8 Å². The first-order valence-electron chi connectivity index (χ1n) is 4.26. The van der Waals surface area contributed by atoms with Gasteiger partial charge in [-0.2, -0.15) is 0 Å².